The average Bonchev–Trinajstić information content (AvgIpc) is 2.86. The van der Waals surface area contributed by atoms with Crippen LogP contribution in [0.2, 0.25) is 0 Å². The molecule has 6 heteroatoms. The minimum atomic E-state index is -4.02. The summed E-state index contributed by atoms with van der Waals surface area (Å²) in [7, 11) is -4.02. The highest BCUT2D eigenvalue weighted by molar-refractivity contribution is 7.90. The van der Waals surface area contributed by atoms with Gasteiger partial charge in [0, 0.05) is 5.41 Å². The van der Waals surface area contributed by atoms with E-state index in [0.717, 1.165) is 31.2 Å². The van der Waals surface area contributed by atoms with Crippen LogP contribution in [0.5, 0.6) is 5.75 Å². The van der Waals surface area contributed by atoms with Crippen molar-refractivity contribution in [2.24, 2.45) is 22.4 Å². The van der Waals surface area contributed by atoms with Gasteiger partial charge in [-0.05, 0) is 85.5 Å². The maximum absolute atomic E-state index is 12.2. The molecule has 0 spiro atoms. The molecule has 1 aromatic rings. The molecule has 3 aliphatic rings. The lowest BCUT2D eigenvalue weighted by Gasteiger charge is -2.52. The van der Waals surface area contributed by atoms with Crippen molar-refractivity contribution in [3.63, 3.8) is 0 Å². The number of primary sulfonamides is 1. The van der Waals surface area contributed by atoms with E-state index in [0.29, 0.717) is 30.4 Å². The molecule has 144 valence electrons. The molecule has 2 saturated carbocycles. The summed E-state index contributed by atoms with van der Waals surface area (Å²) in [6.07, 6.45) is 5.13. The van der Waals surface area contributed by atoms with E-state index < -0.39 is 20.4 Å². The molecule has 0 saturated heterocycles. The second-order valence-electron chi connectivity index (χ2n) is 8.77. The second-order valence-corrected chi connectivity index (χ2v) is 10.5. The van der Waals surface area contributed by atoms with Gasteiger partial charge < -0.3 is 10.2 Å². The maximum atomic E-state index is 12.2. The number of fused-ring (bicyclic) bond motifs is 5. The number of rotatable bonds is 2. The summed E-state index contributed by atoms with van der Waals surface area (Å²) in [6.45, 7) is 3.97. The number of phenols is 1. The van der Waals surface area contributed by atoms with Crippen molar-refractivity contribution in [1.29, 1.82) is 0 Å². The molecule has 0 aliphatic heterocycles. The Kier molecular flexibility index (Phi) is 4.00. The lowest BCUT2D eigenvalue weighted by atomic mass is 9.55. The molecule has 2 fully saturated rings. The molecule has 0 amide bonds. The van der Waals surface area contributed by atoms with Crippen LogP contribution in [0.4, 0.5) is 0 Å². The van der Waals surface area contributed by atoms with E-state index in [2.05, 4.69) is 6.07 Å². The Labute approximate surface area is 155 Å². The SMILES string of the molecule is CCc1cc2c(cc1O)CC[C@@H]1[C@@H]2CC[C@@]2(C)[C@H]1CC[C@]2(O)S(N)(=O)=O. The average molecular weight is 380 g/mol. The topological polar surface area (TPSA) is 101 Å². The van der Waals surface area contributed by atoms with E-state index in [4.69, 9.17) is 5.14 Å². The Hall–Kier alpha value is -1.11. The van der Waals surface area contributed by atoms with E-state index in [1.807, 2.05) is 19.9 Å². The molecule has 0 unspecified atom stereocenters. The van der Waals surface area contributed by atoms with Gasteiger partial charge in [0.15, 0.2) is 4.93 Å². The summed E-state index contributed by atoms with van der Waals surface area (Å²) in [5, 5.41) is 26.7. The fraction of sp³-hybridized carbons (Fsp3) is 0.700. The first kappa shape index (κ1) is 18.3. The van der Waals surface area contributed by atoms with Gasteiger partial charge >= 0.3 is 0 Å². The predicted molar refractivity (Wildman–Crippen MR) is 100 cm³/mol. The van der Waals surface area contributed by atoms with Crippen molar-refractivity contribution in [3.05, 3.63) is 28.8 Å². The van der Waals surface area contributed by atoms with Gasteiger partial charge in [-0.25, -0.2) is 13.6 Å². The summed E-state index contributed by atoms with van der Waals surface area (Å²) in [5.74, 6) is 1.29. The third-order valence-electron chi connectivity index (χ3n) is 7.85. The zero-order chi connectivity index (χ0) is 18.9. The van der Waals surface area contributed by atoms with Gasteiger partial charge in [-0.1, -0.05) is 19.9 Å². The van der Waals surface area contributed by atoms with E-state index in [9.17, 15) is 18.6 Å². The van der Waals surface area contributed by atoms with Crippen LogP contribution in [0, 0.1) is 17.3 Å². The van der Waals surface area contributed by atoms with Crippen molar-refractivity contribution in [2.45, 2.75) is 69.6 Å². The quantitative estimate of drug-likeness (QED) is 0.735. The van der Waals surface area contributed by atoms with Crippen LogP contribution < -0.4 is 5.14 Å². The number of nitrogens with two attached hydrogens (primary N) is 1. The highest BCUT2D eigenvalue weighted by atomic mass is 32.2. The zero-order valence-corrected chi connectivity index (χ0v) is 16.3. The molecule has 3 aliphatic carbocycles. The third-order valence-corrected chi connectivity index (χ3v) is 9.46. The Morgan fingerprint density at radius 2 is 1.96 bits per heavy atom. The van der Waals surface area contributed by atoms with Gasteiger partial charge in [0.25, 0.3) is 0 Å². The largest absolute Gasteiger partial charge is 0.508 e. The monoisotopic (exact) mass is 379 g/mol. The number of benzene rings is 1. The highest BCUT2D eigenvalue weighted by Crippen LogP contribution is 2.65. The molecule has 5 atom stereocenters. The summed E-state index contributed by atoms with van der Waals surface area (Å²) >= 11 is 0. The van der Waals surface area contributed by atoms with E-state index >= 15 is 0 Å². The molecule has 0 heterocycles. The Bertz CT molecular complexity index is 852. The van der Waals surface area contributed by atoms with Crippen molar-refractivity contribution in [3.8, 4) is 5.75 Å². The van der Waals surface area contributed by atoms with Gasteiger partial charge in [-0.2, -0.15) is 0 Å². The minimum absolute atomic E-state index is 0.164. The summed E-state index contributed by atoms with van der Waals surface area (Å²) in [4.78, 5) is -1.81. The lowest BCUT2D eigenvalue weighted by molar-refractivity contribution is -0.0494. The van der Waals surface area contributed by atoms with Crippen LogP contribution in [-0.2, 0) is 22.9 Å². The Balaban J connectivity index is 1.74. The maximum Gasteiger partial charge on any atom is 0.239 e. The van der Waals surface area contributed by atoms with E-state index in [1.54, 1.807) is 0 Å². The standard InChI is InChI=1S/C20H29NO4S/c1-3-12-10-16-13(11-18(12)22)4-5-15-14(16)6-8-19(2)17(15)7-9-20(19,23)26(21,24)25/h10-11,14-15,17,22-23H,3-9H2,1-2H3,(H2,21,24,25)/t14-,15+,17-,19-,20-/m0/s1. The molecule has 5 nitrogen and oxygen atoms in total. The Morgan fingerprint density at radius 3 is 2.62 bits per heavy atom. The number of hydrogen-bond donors (Lipinski definition) is 3. The van der Waals surface area contributed by atoms with Crippen LogP contribution in [0.25, 0.3) is 0 Å². The number of aromatic hydroxyl groups is 1. The Morgan fingerprint density at radius 1 is 1.23 bits per heavy atom. The number of aliphatic hydroxyl groups is 1. The van der Waals surface area contributed by atoms with Gasteiger partial charge in [-0.15, -0.1) is 0 Å². The van der Waals surface area contributed by atoms with E-state index in [1.165, 1.54) is 11.1 Å². The van der Waals surface area contributed by atoms with Crippen molar-refractivity contribution >= 4 is 10.0 Å². The molecular weight excluding hydrogens is 350 g/mol. The summed E-state index contributed by atoms with van der Waals surface area (Å²) in [6, 6.07) is 4.08. The number of aryl methyl sites for hydroxylation is 2. The van der Waals surface area contributed by atoms with Crippen LogP contribution in [0.15, 0.2) is 12.1 Å². The van der Waals surface area contributed by atoms with Gasteiger partial charge in [0.1, 0.15) is 5.75 Å². The van der Waals surface area contributed by atoms with Gasteiger partial charge in [0.2, 0.25) is 10.0 Å². The first-order valence-electron chi connectivity index (χ1n) is 9.72. The van der Waals surface area contributed by atoms with Crippen LogP contribution in [-0.4, -0.2) is 23.6 Å². The number of hydrogen-bond acceptors (Lipinski definition) is 4. The van der Waals surface area contributed by atoms with Crippen LogP contribution in [0.3, 0.4) is 0 Å². The number of sulfonamides is 1. The highest BCUT2D eigenvalue weighted by Gasteiger charge is 2.66. The normalized spacial score (nSPS) is 39.2. The minimum Gasteiger partial charge on any atom is -0.508 e. The van der Waals surface area contributed by atoms with Crippen LogP contribution in [0.1, 0.15) is 68.6 Å². The van der Waals surface area contributed by atoms with E-state index in [-0.39, 0.29) is 12.3 Å². The summed E-state index contributed by atoms with van der Waals surface area (Å²) in [5.41, 5.74) is 2.85. The number of phenolic OH excluding ortho intramolecular Hbond substituents is 1. The van der Waals surface area contributed by atoms with Crippen LogP contribution >= 0.6 is 0 Å². The summed E-state index contributed by atoms with van der Waals surface area (Å²) < 4.78 is 24.4. The first-order valence-corrected chi connectivity index (χ1v) is 11.3. The van der Waals surface area contributed by atoms with Crippen molar-refractivity contribution in [2.75, 3.05) is 0 Å². The fourth-order valence-corrected chi connectivity index (χ4v) is 7.69. The first-order chi connectivity index (χ1) is 12.1. The zero-order valence-electron chi connectivity index (χ0n) is 15.5. The molecule has 0 bridgehead atoms. The van der Waals surface area contributed by atoms with Crippen molar-refractivity contribution in [1.82, 2.24) is 0 Å². The van der Waals surface area contributed by atoms with Gasteiger partial charge in [-0.3, -0.25) is 0 Å². The second kappa shape index (κ2) is 5.69. The smallest absolute Gasteiger partial charge is 0.239 e. The molecular formula is C20H29NO4S. The molecule has 0 aromatic heterocycles. The molecule has 26 heavy (non-hydrogen) atoms. The molecule has 0 radical (unpaired) electrons. The fourth-order valence-electron chi connectivity index (χ4n) is 6.38. The molecule has 1 aromatic carbocycles. The molecule has 4 rings (SSSR count). The predicted octanol–water partition coefficient (Wildman–Crippen LogP) is 2.79. The van der Waals surface area contributed by atoms with Crippen molar-refractivity contribution < 1.29 is 18.6 Å². The molecule has 4 N–H and O–H groups in total. The third kappa shape index (κ3) is 2.25. The van der Waals surface area contributed by atoms with Gasteiger partial charge in [0.05, 0.1) is 0 Å². The lowest BCUT2D eigenvalue weighted by Crippen LogP contribution is -2.56.